The van der Waals surface area contributed by atoms with E-state index in [4.69, 9.17) is 28.7 Å². The Morgan fingerprint density at radius 2 is 1.43 bits per heavy atom. The Morgan fingerprint density at radius 1 is 0.767 bits per heavy atom. The van der Waals surface area contributed by atoms with Crippen LogP contribution in [0.15, 0.2) is 30.3 Å². The van der Waals surface area contributed by atoms with Crippen molar-refractivity contribution in [2.75, 3.05) is 35.0 Å². The Morgan fingerprint density at radius 3 is 2.07 bits per heavy atom. The third-order valence-electron chi connectivity index (χ3n) is 5.02. The fourth-order valence-electron chi connectivity index (χ4n) is 3.41. The van der Waals surface area contributed by atoms with Crippen LogP contribution in [-0.4, -0.2) is 40.0 Å². The van der Waals surface area contributed by atoms with Crippen LogP contribution in [0, 0.1) is 6.92 Å². The first-order chi connectivity index (χ1) is 14.6. The van der Waals surface area contributed by atoms with Crippen LogP contribution >= 0.6 is 0 Å². The van der Waals surface area contributed by atoms with Crippen LogP contribution in [-0.2, 0) is 0 Å². The van der Waals surface area contributed by atoms with Crippen molar-refractivity contribution in [2.45, 2.75) is 26.7 Å². The van der Waals surface area contributed by atoms with Crippen molar-refractivity contribution in [3.8, 4) is 40.0 Å². The number of ether oxygens (including phenoxy) is 5. The van der Waals surface area contributed by atoms with Gasteiger partial charge in [-0.3, -0.25) is 4.98 Å². The number of hydrogen-bond acceptors (Lipinski definition) is 6. The second kappa shape index (κ2) is 9.57. The molecular weight excluding hydrogens is 382 g/mol. The molecule has 160 valence electrons. The van der Waals surface area contributed by atoms with Crippen molar-refractivity contribution in [1.29, 1.82) is 0 Å². The third-order valence-corrected chi connectivity index (χ3v) is 5.02. The number of aromatic nitrogens is 1. The standard InChI is InChI=1S/C24H29NO5/c1-7-8-9-30-23-13-17(12-22(28-5)24(23)29-6)19-10-16-11-20(26-3)21(27-4)14-18(16)15(2)25-19/h10-14H,7-9H2,1-6H3. The molecule has 0 bridgehead atoms. The molecule has 0 aliphatic carbocycles. The van der Waals surface area contributed by atoms with Gasteiger partial charge in [-0.15, -0.1) is 0 Å². The fourth-order valence-corrected chi connectivity index (χ4v) is 3.41. The lowest BCUT2D eigenvalue weighted by atomic mass is 10.0. The summed E-state index contributed by atoms with van der Waals surface area (Å²) in [6.45, 7) is 4.72. The number of hydrogen-bond donors (Lipinski definition) is 0. The summed E-state index contributed by atoms with van der Waals surface area (Å²) in [5, 5.41) is 2.02. The molecule has 0 spiro atoms. The molecule has 0 unspecified atom stereocenters. The van der Waals surface area contributed by atoms with Gasteiger partial charge >= 0.3 is 0 Å². The number of pyridine rings is 1. The molecule has 1 aromatic heterocycles. The summed E-state index contributed by atoms with van der Waals surface area (Å²) in [6, 6.07) is 9.81. The molecule has 30 heavy (non-hydrogen) atoms. The van der Waals surface area contributed by atoms with Gasteiger partial charge in [-0.25, -0.2) is 0 Å². The van der Waals surface area contributed by atoms with Crippen LogP contribution in [0.1, 0.15) is 25.5 Å². The summed E-state index contributed by atoms with van der Waals surface area (Å²) in [7, 11) is 6.49. The van der Waals surface area contributed by atoms with Gasteiger partial charge in [0.25, 0.3) is 0 Å². The molecule has 0 atom stereocenters. The van der Waals surface area contributed by atoms with Crippen LogP contribution in [0.3, 0.4) is 0 Å². The van der Waals surface area contributed by atoms with Crippen LogP contribution in [0.25, 0.3) is 22.0 Å². The molecule has 3 rings (SSSR count). The second-order valence-electron chi connectivity index (χ2n) is 6.93. The first-order valence-corrected chi connectivity index (χ1v) is 9.98. The number of rotatable bonds is 9. The van der Waals surface area contributed by atoms with Crippen LogP contribution in [0.4, 0.5) is 0 Å². The molecule has 2 aromatic carbocycles. The Balaban J connectivity index is 2.14. The molecule has 0 aliphatic heterocycles. The van der Waals surface area contributed by atoms with Crippen LogP contribution in [0.5, 0.6) is 28.7 Å². The minimum absolute atomic E-state index is 0.585. The molecule has 0 saturated heterocycles. The van der Waals surface area contributed by atoms with E-state index in [9.17, 15) is 0 Å². The van der Waals surface area contributed by atoms with Gasteiger partial charge in [-0.1, -0.05) is 13.3 Å². The maximum absolute atomic E-state index is 5.99. The number of benzene rings is 2. The highest BCUT2D eigenvalue weighted by Crippen LogP contribution is 2.42. The van der Waals surface area contributed by atoms with Gasteiger partial charge < -0.3 is 23.7 Å². The molecule has 0 fully saturated rings. The molecule has 0 aliphatic rings. The Kier molecular flexibility index (Phi) is 6.87. The molecule has 0 amide bonds. The lowest BCUT2D eigenvalue weighted by molar-refractivity contribution is 0.279. The van der Waals surface area contributed by atoms with E-state index in [-0.39, 0.29) is 0 Å². The molecule has 0 N–H and O–H groups in total. The van der Waals surface area contributed by atoms with Gasteiger partial charge in [0.05, 0.1) is 40.7 Å². The number of unbranched alkanes of at least 4 members (excludes halogenated alkanes) is 1. The van der Waals surface area contributed by atoms with Gasteiger partial charge in [0, 0.05) is 16.6 Å². The number of aryl methyl sites for hydroxylation is 1. The summed E-state index contributed by atoms with van der Waals surface area (Å²) in [4.78, 5) is 4.82. The third kappa shape index (κ3) is 4.22. The molecule has 0 radical (unpaired) electrons. The summed E-state index contributed by atoms with van der Waals surface area (Å²) in [5.74, 6) is 3.19. The zero-order valence-corrected chi connectivity index (χ0v) is 18.5. The number of fused-ring (bicyclic) bond motifs is 1. The van der Waals surface area contributed by atoms with Gasteiger partial charge in [-0.05, 0) is 49.1 Å². The van der Waals surface area contributed by atoms with E-state index in [1.807, 2.05) is 37.3 Å². The fraction of sp³-hybridized carbons (Fsp3) is 0.375. The van der Waals surface area contributed by atoms with Gasteiger partial charge in [0.15, 0.2) is 23.0 Å². The summed E-state index contributed by atoms with van der Waals surface area (Å²) >= 11 is 0. The zero-order chi connectivity index (χ0) is 21.7. The SMILES string of the molecule is CCCCOc1cc(-c2cc3cc(OC)c(OC)cc3c(C)n2)cc(OC)c1OC. The van der Waals surface area contributed by atoms with Crippen LogP contribution < -0.4 is 23.7 Å². The predicted octanol–water partition coefficient (Wildman–Crippen LogP) is 5.42. The van der Waals surface area contributed by atoms with E-state index < -0.39 is 0 Å². The first-order valence-electron chi connectivity index (χ1n) is 9.98. The highest BCUT2D eigenvalue weighted by molar-refractivity contribution is 5.91. The Labute approximate surface area is 177 Å². The average Bonchev–Trinajstić information content (AvgIpc) is 2.77. The smallest absolute Gasteiger partial charge is 0.203 e. The molecular formula is C24H29NO5. The maximum atomic E-state index is 5.99. The number of nitrogens with zero attached hydrogens (tertiary/aromatic N) is 1. The highest BCUT2D eigenvalue weighted by atomic mass is 16.5. The first kappa shape index (κ1) is 21.6. The molecule has 3 aromatic rings. The summed E-state index contributed by atoms with van der Waals surface area (Å²) in [6.07, 6.45) is 2.01. The van der Waals surface area contributed by atoms with Gasteiger partial charge in [-0.2, -0.15) is 0 Å². The molecule has 6 heteroatoms. The van der Waals surface area contributed by atoms with Crippen molar-refractivity contribution in [1.82, 2.24) is 4.98 Å². The quantitative estimate of drug-likeness (QED) is 0.438. The largest absolute Gasteiger partial charge is 0.493 e. The second-order valence-corrected chi connectivity index (χ2v) is 6.93. The van der Waals surface area contributed by atoms with E-state index in [1.54, 1.807) is 28.4 Å². The minimum Gasteiger partial charge on any atom is -0.493 e. The lowest BCUT2D eigenvalue weighted by Crippen LogP contribution is -2.01. The van der Waals surface area contributed by atoms with E-state index in [2.05, 4.69) is 6.92 Å². The van der Waals surface area contributed by atoms with Gasteiger partial charge in [0.2, 0.25) is 5.75 Å². The molecule has 6 nitrogen and oxygen atoms in total. The van der Waals surface area contributed by atoms with E-state index in [0.29, 0.717) is 35.4 Å². The lowest BCUT2D eigenvalue weighted by Gasteiger charge is -2.16. The molecule has 0 saturated carbocycles. The number of methoxy groups -OCH3 is 4. The topological polar surface area (TPSA) is 59.0 Å². The van der Waals surface area contributed by atoms with Crippen LogP contribution in [0.2, 0.25) is 0 Å². The zero-order valence-electron chi connectivity index (χ0n) is 18.5. The predicted molar refractivity (Wildman–Crippen MR) is 119 cm³/mol. The van der Waals surface area contributed by atoms with E-state index in [1.165, 1.54) is 0 Å². The average molecular weight is 411 g/mol. The monoisotopic (exact) mass is 411 g/mol. The Hall–Kier alpha value is -3.15. The summed E-state index contributed by atoms with van der Waals surface area (Å²) in [5.41, 5.74) is 2.60. The van der Waals surface area contributed by atoms with E-state index >= 15 is 0 Å². The van der Waals surface area contributed by atoms with Crippen molar-refractivity contribution in [3.05, 3.63) is 36.0 Å². The van der Waals surface area contributed by atoms with Crippen molar-refractivity contribution < 1.29 is 23.7 Å². The van der Waals surface area contributed by atoms with Crippen molar-refractivity contribution >= 4 is 10.8 Å². The maximum Gasteiger partial charge on any atom is 0.203 e. The van der Waals surface area contributed by atoms with Crippen molar-refractivity contribution in [2.24, 2.45) is 0 Å². The minimum atomic E-state index is 0.585. The highest BCUT2D eigenvalue weighted by Gasteiger charge is 2.17. The normalized spacial score (nSPS) is 10.7. The van der Waals surface area contributed by atoms with Crippen molar-refractivity contribution in [3.63, 3.8) is 0 Å². The van der Waals surface area contributed by atoms with Gasteiger partial charge in [0.1, 0.15) is 0 Å². The molecule has 1 heterocycles. The van der Waals surface area contributed by atoms with E-state index in [0.717, 1.165) is 40.6 Å². The Bertz CT molecular complexity index is 1030. The summed E-state index contributed by atoms with van der Waals surface area (Å²) < 4.78 is 28.0.